The minimum atomic E-state index is 0. The van der Waals surface area contributed by atoms with Gasteiger partial charge in [-0.05, 0) is 45.3 Å². The van der Waals surface area contributed by atoms with Crippen LogP contribution in [0.4, 0.5) is 0 Å². The first kappa shape index (κ1) is 21.9. The van der Waals surface area contributed by atoms with E-state index in [0.29, 0.717) is 6.04 Å². The standard InChI is InChI=1S/C17H35N5O.HI/c1-3-22-10-6-7-16(22)15-20-17(18-2)19-8-4-5-9-21-11-13-23-14-12-21;/h16H,3-15H2,1-2H3,(H2,18,19,20);1H. The lowest BCUT2D eigenvalue weighted by Crippen LogP contribution is -2.45. The number of aliphatic imine (C=N–C) groups is 1. The van der Waals surface area contributed by atoms with E-state index in [1.54, 1.807) is 0 Å². The molecule has 0 spiro atoms. The van der Waals surface area contributed by atoms with Gasteiger partial charge in [-0.15, -0.1) is 24.0 Å². The van der Waals surface area contributed by atoms with Crippen molar-refractivity contribution in [2.24, 2.45) is 4.99 Å². The molecule has 0 aromatic rings. The number of likely N-dealkylation sites (tertiary alicyclic amines) is 1. The van der Waals surface area contributed by atoms with Crippen molar-refractivity contribution in [2.45, 2.75) is 38.6 Å². The Morgan fingerprint density at radius 3 is 2.67 bits per heavy atom. The molecule has 7 heteroatoms. The normalized spacial score (nSPS) is 23.1. The molecule has 1 unspecified atom stereocenters. The van der Waals surface area contributed by atoms with Crippen molar-refractivity contribution in [3.05, 3.63) is 0 Å². The first-order valence-electron chi connectivity index (χ1n) is 9.32. The van der Waals surface area contributed by atoms with E-state index in [1.165, 1.54) is 38.8 Å². The molecule has 0 aromatic carbocycles. The number of rotatable bonds is 8. The van der Waals surface area contributed by atoms with Gasteiger partial charge >= 0.3 is 0 Å². The fourth-order valence-electron chi connectivity index (χ4n) is 3.47. The van der Waals surface area contributed by atoms with Gasteiger partial charge in [-0.1, -0.05) is 6.92 Å². The molecule has 2 N–H and O–H groups in total. The molecular formula is C17H36IN5O. The van der Waals surface area contributed by atoms with Crippen LogP contribution in [-0.2, 0) is 4.74 Å². The van der Waals surface area contributed by atoms with Gasteiger partial charge in [-0.3, -0.25) is 14.8 Å². The summed E-state index contributed by atoms with van der Waals surface area (Å²) in [5.74, 6) is 0.944. The van der Waals surface area contributed by atoms with E-state index in [2.05, 4.69) is 32.3 Å². The van der Waals surface area contributed by atoms with Gasteiger partial charge in [-0.2, -0.15) is 0 Å². The molecular weight excluding hydrogens is 417 g/mol. The fraction of sp³-hybridized carbons (Fsp3) is 0.941. The van der Waals surface area contributed by atoms with Crippen molar-refractivity contribution in [3.63, 3.8) is 0 Å². The van der Waals surface area contributed by atoms with Crippen LogP contribution in [0.25, 0.3) is 0 Å². The number of halogens is 1. The topological polar surface area (TPSA) is 52.1 Å². The van der Waals surface area contributed by atoms with E-state index < -0.39 is 0 Å². The lowest BCUT2D eigenvalue weighted by atomic mass is 10.2. The van der Waals surface area contributed by atoms with Crippen molar-refractivity contribution in [2.75, 3.05) is 66.1 Å². The highest BCUT2D eigenvalue weighted by atomic mass is 127. The maximum absolute atomic E-state index is 5.38. The number of likely N-dealkylation sites (N-methyl/N-ethyl adjacent to an activating group) is 1. The predicted molar refractivity (Wildman–Crippen MR) is 112 cm³/mol. The summed E-state index contributed by atoms with van der Waals surface area (Å²) in [5.41, 5.74) is 0. The molecule has 2 rings (SSSR count). The van der Waals surface area contributed by atoms with Gasteiger partial charge in [0.1, 0.15) is 0 Å². The first-order valence-corrected chi connectivity index (χ1v) is 9.32. The number of nitrogens with zero attached hydrogens (tertiary/aromatic N) is 3. The minimum absolute atomic E-state index is 0. The summed E-state index contributed by atoms with van der Waals surface area (Å²) in [7, 11) is 1.86. The van der Waals surface area contributed by atoms with Crippen LogP contribution in [0, 0.1) is 0 Å². The molecule has 6 nitrogen and oxygen atoms in total. The van der Waals surface area contributed by atoms with Gasteiger partial charge in [0.15, 0.2) is 5.96 Å². The number of ether oxygens (including phenoxy) is 1. The van der Waals surface area contributed by atoms with Crippen LogP contribution >= 0.6 is 24.0 Å². The SMILES string of the molecule is CCN1CCCC1CNC(=NC)NCCCCN1CCOCC1.I. The van der Waals surface area contributed by atoms with Crippen LogP contribution in [0.5, 0.6) is 0 Å². The zero-order valence-corrected chi connectivity index (χ0v) is 17.8. The number of guanidine groups is 1. The van der Waals surface area contributed by atoms with E-state index in [1.807, 2.05) is 7.05 Å². The Kier molecular flexibility index (Phi) is 12.0. The number of hydrogen-bond donors (Lipinski definition) is 2. The van der Waals surface area contributed by atoms with Crippen molar-refractivity contribution in [3.8, 4) is 0 Å². The zero-order valence-electron chi connectivity index (χ0n) is 15.4. The third kappa shape index (κ3) is 7.84. The molecule has 24 heavy (non-hydrogen) atoms. The molecule has 142 valence electrons. The summed E-state index contributed by atoms with van der Waals surface area (Å²) in [6, 6.07) is 0.667. The fourth-order valence-corrected chi connectivity index (χ4v) is 3.47. The van der Waals surface area contributed by atoms with E-state index in [-0.39, 0.29) is 24.0 Å². The van der Waals surface area contributed by atoms with Gasteiger partial charge < -0.3 is 15.4 Å². The first-order chi connectivity index (χ1) is 11.3. The Bertz CT molecular complexity index is 350. The number of unbranched alkanes of at least 4 members (excludes halogenated alkanes) is 1. The highest BCUT2D eigenvalue weighted by molar-refractivity contribution is 14.0. The van der Waals surface area contributed by atoms with Gasteiger partial charge in [0.25, 0.3) is 0 Å². The average molecular weight is 453 g/mol. The van der Waals surface area contributed by atoms with E-state index >= 15 is 0 Å². The monoisotopic (exact) mass is 453 g/mol. The lowest BCUT2D eigenvalue weighted by Gasteiger charge is -2.26. The molecule has 2 aliphatic rings. The molecule has 0 aromatic heterocycles. The summed E-state index contributed by atoms with van der Waals surface area (Å²) in [6.07, 6.45) is 5.05. The second-order valence-corrected chi connectivity index (χ2v) is 6.47. The highest BCUT2D eigenvalue weighted by Gasteiger charge is 2.22. The van der Waals surface area contributed by atoms with Crippen molar-refractivity contribution < 1.29 is 4.74 Å². The molecule has 0 radical (unpaired) electrons. The average Bonchev–Trinajstić information content (AvgIpc) is 3.06. The Balaban J connectivity index is 0.00000288. The largest absolute Gasteiger partial charge is 0.379 e. The number of nitrogens with one attached hydrogen (secondary N) is 2. The van der Waals surface area contributed by atoms with Crippen LogP contribution in [0.3, 0.4) is 0 Å². The van der Waals surface area contributed by atoms with E-state index in [4.69, 9.17) is 4.74 Å². The summed E-state index contributed by atoms with van der Waals surface area (Å²) >= 11 is 0. The van der Waals surface area contributed by atoms with Gasteiger partial charge in [0.2, 0.25) is 0 Å². The Labute approximate surface area is 164 Å². The second kappa shape index (κ2) is 13.1. The highest BCUT2D eigenvalue weighted by Crippen LogP contribution is 2.15. The molecule has 1 atom stereocenters. The van der Waals surface area contributed by atoms with Crippen LogP contribution < -0.4 is 10.6 Å². The Morgan fingerprint density at radius 2 is 1.96 bits per heavy atom. The zero-order chi connectivity index (χ0) is 16.3. The minimum Gasteiger partial charge on any atom is -0.379 e. The molecule has 0 amide bonds. The van der Waals surface area contributed by atoms with Crippen LogP contribution in [0.15, 0.2) is 4.99 Å². The lowest BCUT2D eigenvalue weighted by molar-refractivity contribution is 0.0372. The number of hydrogen-bond acceptors (Lipinski definition) is 4. The summed E-state index contributed by atoms with van der Waals surface area (Å²) in [4.78, 5) is 9.39. The quantitative estimate of drug-likeness (QED) is 0.252. The Morgan fingerprint density at radius 1 is 1.17 bits per heavy atom. The second-order valence-electron chi connectivity index (χ2n) is 6.47. The van der Waals surface area contributed by atoms with E-state index in [0.717, 1.165) is 51.9 Å². The molecule has 0 saturated carbocycles. The number of morpholine rings is 1. The third-order valence-corrected chi connectivity index (χ3v) is 4.93. The Hall–Kier alpha value is -0.120. The van der Waals surface area contributed by atoms with Crippen LogP contribution in [0.2, 0.25) is 0 Å². The molecule has 2 heterocycles. The van der Waals surface area contributed by atoms with Gasteiger partial charge in [-0.25, -0.2) is 0 Å². The van der Waals surface area contributed by atoms with Crippen molar-refractivity contribution in [1.29, 1.82) is 0 Å². The maximum atomic E-state index is 5.38. The molecule has 2 saturated heterocycles. The van der Waals surface area contributed by atoms with Crippen molar-refractivity contribution >= 4 is 29.9 Å². The van der Waals surface area contributed by atoms with Crippen LogP contribution in [-0.4, -0.2) is 87.9 Å². The molecule has 2 fully saturated rings. The van der Waals surface area contributed by atoms with Gasteiger partial charge in [0.05, 0.1) is 13.2 Å². The van der Waals surface area contributed by atoms with E-state index in [9.17, 15) is 0 Å². The predicted octanol–water partition coefficient (Wildman–Crippen LogP) is 1.37. The summed E-state index contributed by atoms with van der Waals surface area (Å²) in [6.45, 7) is 11.8. The third-order valence-electron chi connectivity index (χ3n) is 4.93. The van der Waals surface area contributed by atoms with Gasteiger partial charge in [0, 0.05) is 39.3 Å². The molecule has 2 aliphatic heterocycles. The smallest absolute Gasteiger partial charge is 0.191 e. The maximum Gasteiger partial charge on any atom is 0.191 e. The summed E-state index contributed by atoms with van der Waals surface area (Å²) in [5, 5.41) is 6.93. The van der Waals surface area contributed by atoms with Crippen molar-refractivity contribution in [1.82, 2.24) is 20.4 Å². The van der Waals surface area contributed by atoms with Crippen LogP contribution in [0.1, 0.15) is 32.6 Å². The molecule has 0 bridgehead atoms. The summed E-state index contributed by atoms with van der Waals surface area (Å²) < 4.78 is 5.38. The molecule has 0 aliphatic carbocycles.